The Hall–Kier alpha value is -1.93. The van der Waals surface area contributed by atoms with E-state index in [9.17, 15) is 18.0 Å². The lowest BCUT2D eigenvalue weighted by Crippen LogP contribution is -2.44. The second-order valence-electron chi connectivity index (χ2n) is 7.22. The van der Waals surface area contributed by atoms with E-state index >= 15 is 0 Å². The number of hydrogen-bond donors (Lipinski definition) is 1. The highest BCUT2D eigenvalue weighted by Gasteiger charge is 2.29. The fraction of sp³-hybridized carbons (Fsp3) is 0.579. The molecule has 1 aromatic carbocycles. The number of carboxylic acids is 1. The van der Waals surface area contributed by atoms with Crippen molar-refractivity contribution in [2.45, 2.75) is 55.9 Å². The third kappa shape index (κ3) is 4.50. The van der Waals surface area contributed by atoms with Crippen LogP contribution >= 0.6 is 0 Å². The molecule has 27 heavy (non-hydrogen) atoms. The van der Waals surface area contributed by atoms with E-state index in [0.717, 1.165) is 32.1 Å². The van der Waals surface area contributed by atoms with Gasteiger partial charge in [-0.25, -0.2) is 8.42 Å². The van der Waals surface area contributed by atoms with Crippen molar-refractivity contribution in [1.82, 2.24) is 9.21 Å². The predicted octanol–water partition coefficient (Wildman–Crippen LogP) is 2.33. The van der Waals surface area contributed by atoms with Crippen molar-refractivity contribution >= 4 is 21.9 Å². The molecule has 7 nitrogen and oxygen atoms in total. The van der Waals surface area contributed by atoms with E-state index in [2.05, 4.69) is 0 Å². The highest BCUT2D eigenvalue weighted by molar-refractivity contribution is 7.89. The van der Waals surface area contributed by atoms with Crippen LogP contribution in [0.3, 0.4) is 0 Å². The van der Waals surface area contributed by atoms with Gasteiger partial charge in [0.25, 0.3) is 5.91 Å². The zero-order chi connectivity index (χ0) is 19.4. The number of rotatable bonds is 6. The predicted molar refractivity (Wildman–Crippen MR) is 100.0 cm³/mol. The largest absolute Gasteiger partial charge is 0.481 e. The van der Waals surface area contributed by atoms with E-state index in [0.29, 0.717) is 31.6 Å². The first-order chi connectivity index (χ1) is 12.9. The standard InChI is InChI=1S/C19H26N2O5S/c22-18(23)11-8-16-5-1-2-14-21(16)19(24)15-6-9-17(10-7-15)27(25,26)20-12-3-4-13-20/h6-7,9-10,16H,1-5,8,11-14H2,(H,22,23). The molecule has 1 aromatic rings. The first-order valence-electron chi connectivity index (χ1n) is 9.52. The summed E-state index contributed by atoms with van der Waals surface area (Å²) in [5.74, 6) is -1.01. The fourth-order valence-electron chi connectivity index (χ4n) is 3.87. The highest BCUT2D eigenvalue weighted by atomic mass is 32.2. The summed E-state index contributed by atoms with van der Waals surface area (Å²) in [4.78, 5) is 25.7. The highest BCUT2D eigenvalue weighted by Crippen LogP contribution is 2.25. The molecular formula is C19H26N2O5S. The van der Waals surface area contributed by atoms with Crippen LogP contribution in [-0.4, -0.2) is 60.3 Å². The number of benzene rings is 1. The Kier molecular flexibility index (Phi) is 6.16. The molecule has 0 saturated carbocycles. The Morgan fingerprint density at radius 1 is 1.00 bits per heavy atom. The maximum absolute atomic E-state index is 12.9. The smallest absolute Gasteiger partial charge is 0.303 e. The lowest BCUT2D eigenvalue weighted by molar-refractivity contribution is -0.137. The maximum atomic E-state index is 12.9. The summed E-state index contributed by atoms with van der Waals surface area (Å²) < 4.78 is 26.7. The van der Waals surface area contributed by atoms with Gasteiger partial charge in [-0.05, 0) is 62.8 Å². The summed E-state index contributed by atoms with van der Waals surface area (Å²) in [5, 5.41) is 8.92. The number of likely N-dealkylation sites (tertiary alicyclic amines) is 1. The normalized spacial score (nSPS) is 21.3. The number of carboxylic acid groups (broad SMARTS) is 1. The molecule has 2 aliphatic rings. The third-order valence-electron chi connectivity index (χ3n) is 5.38. The maximum Gasteiger partial charge on any atom is 0.303 e. The van der Waals surface area contributed by atoms with Crippen LogP contribution in [0.5, 0.6) is 0 Å². The zero-order valence-electron chi connectivity index (χ0n) is 15.3. The molecule has 2 fully saturated rings. The number of hydrogen-bond acceptors (Lipinski definition) is 4. The second-order valence-corrected chi connectivity index (χ2v) is 9.15. The average molecular weight is 394 g/mol. The van der Waals surface area contributed by atoms with Gasteiger partial charge >= 0.3 is 5.97 Å². The molecule has 0 aromatic heterocycles. The van der Waals surface area contributed by atoms with Crippen molar-refractivity contribution in [1.29, 1.82) is 0 Å². The van der Waals surface area contributed by atoms with Gasteiger partial charge in [0.2, 0.25) is 10.0 Å². The van der Waals surface area contributed by atoms with Crippen LogP contribution in [0.15, 0.2) is 29.2 Å². The molecule has 1 atom stereocenters. The van der Waals surface area contributed by atoms with Gasteiger partial charge in [-0.3, -0.25) is 9.59 Å². The molecule has 2 saturated heterocycles. The van der Waals surface area contributed by atoms with Gasteiger partial charge in [-0.15, -0.1) is 0 Å². The molecule has 2 heterocycles. The first kappa shape index (κ1) is 19.8. The van der Waals surface area contributed by atoms with Crippen molar-refractivity contribution in [3.05, 3.63) is 29.8 Å². The summed E-state index contributed by atoms with van der Waals surface area (Å²) in [6.07, 6.45) is 4.94. The summed E-state index contributed by atoms with van der Waals surface area (Å²) in [7, 11) is -3.49. The summed E-state index contributed by atoms with van der Waals surface area (Å²) in [6.45, 7) is 1.70. The zero-order valence-corrected chi connectivity index (χ0v) is 16.2. The molecule has 0 radical (unpaired) electrons. The van der Waals surface area contributed by atoms with Crippen LogP contribution in [0.25, 0.3) is 0 Å². The SMILES string of the molecule is O=C(O)CCC1CCCCN1C(=O)c1ccc(S(=O)(=O)N2CCCC2)cc1. The van der Waals surface area contributed by atoms with E-state index in [1.54, 1.807) is 17.0 Å². The second kappa shape index (κ2) is 8.39. The van der Waals surface area contributed by atoms with E-state index in [1.165, 1.54) is 16.4 Å². The summed E-state index contributed by atoms with van der Waals surface area (Å²) >= 11 is 0. The number of amides is 1. The number of piperidine rings is 1. The van der Waals surface area contributed by atoms with Gasteiger partial charge in [0.15, 0.2) is 0 Å². The minimum Gasteiger partial charge on any atom is -0.481 e. The van der Waals surface area contributed by atoms with Crippen LogP contribution in [-0.2, 0) is 14.8 Å². The van der Waals surface area contributed by atoms with Gasteiger partial charge in [0, 0.05) is 37.7 Å². The molecule has 0 aliphatic carbocycles. The molecule has 2 aliphatic heterocycles. The topological polar surface area (TPSA) is 95.0 Å². The molecule has 0 spiro atoms. The first-order valence-corrected chi connectivity index (χ1v) is 11.0. The average Bonchev–Trinajstić information content (AvgIpc) is 3.22. The van der Waals surface area contributed by atoms with Gasteiger partial charge in [-0.2, -0.15) is 4.31 Å². The van der Waals surface area contributed by atoms with Gasteiger partial charge in [0.05, 0.1) is 4.90 Å². The van der Waals surface area contributed by atoms with Crippen molar-refractivity contribution < 1.29 is 23.1 Å². The van der Waals surface area contributed by atoms with Crippen molar-refractivity contribution in [3.8, 4) is 0 Å². The number of aliphatic carboxylic acids is 1. The molecule has 3 rings (SSSR count). The van der Waals surface area contributed by atoms with Gasteiger partial charge in [-0.1, -0.05) is 0 Å². The van der Waals surface area contributed by atoms with Crippen LogP contribution in [0.1, 0.15) is 55.3 Å². The van der Waals surface area contributed by atoms with E-state index in [-0.39, 0.29) is 23.3 Å². The quantitative estimate of drug-likeness (QED) is 0.799. The van der Waals surface area contributed by atoms with Crippen LogP contribution in [0.4, 0.5) is 0 Å². The van der Waals surface area contributed by atoms with Gasteiger partial charge < -0.3 is 10.0 Å². The van der Waals surface area contributed by atoms with Crippen molar-refractivity contribution in [2.75, 3.05) is 19.6 Å². The molecule has 1 unspecified atom stereocenters. The van der Waals surface area contributed by atoms with Crippen molar-refractivity contribution in [2.24, 2.45) is 0 Å². The third-order valence-corrected chi connectivity index (χ3v) is 7.30. The monoisotopic (exact) mass is 394 g/mol. The Labute approximate surface area is 160 Å². The summed E-state index contributed by atoms with van der Waals surface area (Å²) in [6, 6.07) is 6.05. The lowest BCUT2D eigenvalue weighted by Gasteiger charge is -2.35. The molecule has 1 N–H and O–H groups in total. The Balaban J connectivity index is 1.73. The van der Waals surface area contributed by atoms with Crippen LogP contribution in [0.2, 0.25) is 0 Å². The Morgan fingerprint density at radius 2 is 1.63 bits per heavy atom. The minimum absolute atomic E-state index is 0.0431. The molecule has 8 heteroatoms. The van der Waals surface area contributed by atoms with Gasteiger partial charge in [0.1, 0.15) is 0 Å². The lowest BCUT2D eigenvalue weighted by atomic mass is 9.97. The Morgan fingerprint density at radius 3 is 2.26 bits per heavy atom. The molecular weight excluding hydrogens is 368 g/mol. The number of sulfonamides is 1. The van der Waals surface area contributed by atoms with Crippen LogP contribution in [0, 0.1) is 0 Å². The van der Waals surface area contributed by atoms with E-state index < -0.39 is 16.0 Å². The minimum atomic E-state index is -3.49. The molecule has 1 amide bonds. The summed E-state index contributed by atoms with van der Waals surface area (Å²) in [5.41, 5.74) is 0.442. The molecule has 0 bridgehead atoms. The number of carbonyl (C=O) groups is 2. The van der Waals surface area contributed by atoms with Crippen molar-refractivity contribution in [3.63, 3.8) is 0 Å². The van der Waals surface area contributed by atoms with E-state index in [4.69, 9.17) is 5.11 Å². The van der Waals surface area contributed by atoms with E-state index in [1.807, 2.05) is 0 Å². The van der Waals surface area contributed by atoms with Crippen LogP contribution < -0.4 is 0 Å². The Bertz CT molecular complexity index is 785. The number of carbonyl (C=O) groups excluding carboxylic acids is 1. The number of nitrogens with zero attached hydrogens (tertiary/aromatic N) is 2. The molecule has 148 valence electrons. The fourth-order valence-corrected chi connectivity index (χ4v) is 5.39.